The molecule has 2 N–H and O–H groups in total. The highest BCUT2D eigenvalue weighted by Gasteiger charge is 2.31. The summed E-state index contributed by atoms with van der Waals surface area (Å²) in [5.74, 6) is -1.68. The van der Waals surface area contributed by atoms with Crippen LogP contribution in [0.5, 0.6) is 0 Å². The van der Waals surface area contributed by atoms with Crippen molar-refractivity contribution in [1.29, 1.82) is 0 Å². The van der Waals surface area contributed by atoms with Gasteiger partial charge in [0, 0.05) is 5.54 Å². The van der Waals surface area contributed by atoms with Crippen molar-refractivity contribution in [2.45, 2.75) is 38.9 Å². The summed E-state index contributed by atoms with van der Waals surface area (Å²) >= 11 is 0. The quantitative estimate of drug-likeness (QED) is 0.901. The van der Waals surface area contributed by atoms with E-state index in [0.29, 0.717) is 0 Å². The standard InChI is InChI=1S/C14H17F3N2O2/c1-13(2,3)19-12(21)9-6-4-5-7-10(9)18-11(20)8-14(15,16)17/h4-7H,8H2,1-3H3,(H,18,20)(H,19,21). The molecule has 0 aliphatic heterocycles. The Morgan fingerprint density at radius 2 is 1.67 bits per heavy atom. The summed E-state index contributed by atoms with van der Waals surface area (Å²) in [6.07, 6.45) is -6.19. The minimum absolute atomic E-state index is 0.0495. The molecule has 0 bridgehead atoms. The number of halogens is 3. The van der Waals surface area contributed by atoms with E-state index in [1.807, 2.05) is 0 Å². The lowest BCUT2D eigenvalue weighted by atomic mass is 10.1. The Hall–Kier alpha value is -2.05. The molecule has 0 radical (unpaired) electrons. The first-order valence-electron chi connectivity index (χ1n) is 6.26. The molecular formula is C14H17F3N2O2. The molecule has 0 aliphatic rings. The van der Waals surface area contributed by atoms with Gasteiger partial charge in [-0.25, -0.2) is 0 Å². The first-order valence-corrected chi connectivity index (χ1v) is 6.26. The highest BCUT2D eigenvalue weighted by Crippen LogP contribution is 2.22. The van der Waals surface area contributed by atoms with E-state index in [-0.39, 0.29) is 11.3 Å². The van der Waals surface area contributed by atoms with E-state index in [4.69, 9.17) is 0 Å². The van der Waals surface area contributed by atoms with Crippen molar-refractivity contribution in [3.8, 4) is 0 Å². The molecule has 0 aromatic heterocycles. The molecule has 7 heteroatoms. The average Bonchev–Trinajstić information content (AvgIpc) is 2.24. The van der Waals surface area contributed by atoms with Crippen LogP contribution in [0.1, 0.15) is 37.6 Å². The van der Waals surface area contributed by atoms with Gasteiger partial charge in [0.15, 0.2) is 0 Å². The SMILES string of the molecule is CC(C)(C)NC(=O)c1ccccc1NC(=O)CC(F)(F)F. The smallest absolute Gasteiger partial charge is 0.347 e. The second-order valence-corrected chi connectivity index (χ2v) is 5.59. The average molecular weight is 302 g/mol. The Bertz CT molecular complexity index is 534. The lowest BCUT2D eigenvalue weighted by Crippen LogP contribution is -2.40. The van der Waals surface area contributed by atoms with Crippen LogP contribution in [0.25, 0.3) is 0 Å². The number of carbonyl (C=O) groups is 2. The molecule has 0 fully saturated rings. The van der Waals surface area contributed by atoms with Gasteiger partial charge in [-0.2, -0.15) is 13.2 Å². The minimum Gasteiger partial charge on any atom is -0.347 e. The Balaban J connectivity index is 2.90. The Morgan fingerprint density at radius 1 is 1.10 bits per heavy atom. The molecule has 0 saturated carbocycles. The largest absolute Gasteiger partial charge is 0.397 e. The lowest BCUT2D eigenvalue weighted by Gasteiger charge is -2.21. The summed E-state index contributed by atoms with van der Waals surface area (Å²) in [4.78, 5) is 23.4. The van der Waals surface area contributed by atoms with Gasteiger partial charge in [-0.1, -0.05) is 12.1 Å². The molecule has 4 nitrogen and oxygen atoms in total. The van der Waals surface area contributed by atoms with Crippen LogP contribution in [0.15, 0.2) is 24.3 Å². The molecule has 0 unspecified atom stereocenters. The maximum atomic E-state index is 12.2. The zero-order chi connectivity index (χ0) is 16.3. The Morgan fingerprint density at radius 3 is 2.19 bits per heavy atom. The number of carbonyl (C=O) groups excluding carboxylic acids is 2. The third-order valence-corrected chi connectivity index (χ3v) is 2.30. The zero-order valence-electron chi connectivity index (χ0n) is 12.0. The molecule has 0 heterocycles. The Kier molecular flexibility index (Phi) is 4.98. The molecule has 2 amide bonds. The molecule has 21 heavy (non-hydrogen) atoms. The summed E-state index contributed by atoms with van der Waals surface area (Å²) in [5, 5.41) is 4.80. The van der Waals surface area contributed by atoms with E-state index in [0.717, 1.165) is 0 Å². The van der Waals surface area contributed by atoms with E-state index in [9.17, 15) is 22.8 Å². The van der Waals surface area contributed by atoms with Crippen molar-refractivity contribution >= 4 is 17.5 Å². The predicted octanol–water partition coefficient (Wildman–Crippen LogP) is 3.11. The molecule has 116 valence electrons. The van der Waals surface area contributed by atoms with Crippen molar-refractivity contribution < 1.29 is 22.8 Å². The highest BCUT2D eigenvalue weighted by atomic mass is 19.4. The second-order valence-electron chi connectivity index (χ2n) is 5.59. The number of para-hydroxylation sites is 1. The first-order chi connectivity index (χ1) is 9.48. The summed E-state index contributed by atoms with van der Waals surface area (Å²) in [7, 11) is 0. The molecule has 0 aliphatic carbocycles. The predicted molar refractivity (Wildman–Crippen MR) is 73.0 cm³/mol. The molecular weight excluding hydrogens is 285 g/mol. The van der Waals surface area contributed by atoms with Crippen molar-refractivity contribution in [2.75, 3.05) is 5.32 Å². The fraction of sp³-hybridized carbons (Fsp3) is 0.429. The number of hydrogen-bond donors (Lipinski definition) is 2. The van der Waals surface area contributed by atoms with E-state index in [2.05, 4.69) is 10.6 Å². The van der Waals surface area contributed by atoms with Gasteiger partial charge in [0.1, 0.15) is 6.42 Å². The summed E-state index contributed by atoms with van der Waals surface area (Å²) in [6.45, 7) is 5.32. The zero-order valence-corrected chi connectivity index (χ0v) is 12.0. The third kappa shape index (κ3) is 6.29. The lowest BCUT2D eigenvalue weighted by molar-refractivity contribution is -0.150. The number of anilines is 1. The molecule has 0 spiro atoms. The van der Waals surface area contributed by atoms with Gasteiger partial charge in [0.2, 0.25) is 5.91 Å². The molecule has 0 atom stereocenters. The van der Waals surface area contributed by atoms with Crippen LogP contribution in [0, 0.1) is 0 Å². The van der Waals surface area contributed by atoms with Gasteiger partial charge in [-0.3, -0.25) is 9.59 Å². The molecule has 1 aromatic carbocycles. The van der Waals surface area contributed by atoms with Crippen LogP contribution in [0.3, 0.4) is 0 Å². The highest BCUT2D eigenvalue weighted by molar-refractivity contribution is 6.04. The fourth-order valence-corrected chi connectivity index (χ4v) is 1.57. The maximum absolute atomic E-state index is 12.2. The Labute approximate surface area is 120 Å². The second kappa shape index (κ2) is 6.15. The minimum atomic E-state index is -4.59. The molecule has 1 rings (SSSR count). The number of amides is 2. The third-order valence-electron chi connectivity index (χ3n) is 2.30. The number of nitrogens with one attached hydrogen (secondary N) is 2. The molecule has 0 saturated heterocycles. The van der Waals surface area contributed by atoms with Gasteiger partial charge in [-0.15, -0.1) is 0 Å². The van der Waals surface area contributed by atoms with Gasteiger partial charge >= 0.3 is 6.18 Å². The molecule has 1 aromatic rings. The summed E-state index contributed by atoms with van der Waals surface area (Å²) in [6, 6.07) is 5.91. The van der Waals surface area contributed by atoms with Crippen molar-refractivity contribution in [2.24, 2.45) is 0 Å². The topological polar surface area (TPSA) is 58.2 Å². The first kappa shape index (κ1) is 17.0. The van der Waals surface area contributed by atoms with E-state index < -0.39 is 30.0 Å². The number of benzene rings is 1. The van der Waals surface area contributed by atoms with Crippen molar-refractivity contribution in [3.05, 3.63) is 29.8 Å². The number of rotatable bonds is 3. The van der Waals surface area contributed by atoms with Crippen LogP contribution >= 0.6 is 0 Å². The summed E-state index contributed by atoms with van der Waals surface area (Å²) in [5.41, 5.74) is -0.336. The van der Waals surface area contributed by atoms with Crippen molar-refractivity contribution in [1.82, 2.24) is 5.32 Å². The summed E-state index contributed by atoms with van der Waals surface area (Å²) < 4.78 is 36.5. The van der Waals surface area contributed by atoms with E-state index in [1.165, 1.54) is 18.2 Å². The van der Waals surface area contributed by atoms with Crippen molar-refractivity contribution in [3.63, 3.8) is 0 Å². The van der Waals surface area contributed by atoms with Crippen LogP contribution in [0.2, 0.25) is 0 Å². The number of hydrogen-bond acceptors (Lipinski definition) is 2. The van der Waals surface area contributed by atoms with Crippen LogP contribution in [0.4, 0.5) is 18.9 Å². The van der Waals surface area contributed by atoms with Gasteiger partial charge in [0.05, 0.1) is 11.3 Å². The van der Waals surface area contributed by atoms with E-state index >= 15 is 0 Å². The van der Waals surface area contributed by atoms with Gasteiger partial charge in [-0.05, 0) is 32.9 Å². The number of alkyl halides is 3. The fourth-order valence-electron chi connectivity index (χ4n) is 1.57. The van der Waals surface area contributed by atoms with Gasteiger partial charge < -0.3 is 10.6 Å². The van der Waals surface area contributed by atoms with Crippen LogP contribution < -0.4 is 10.6 Å². The van der Waals surface area contributed by atoms with Crippen LogP contribution in [-0.2, 0) is 4.79 Å². The normalized spacial score (nSPS) is 11.9. The van der Waals surface area contributed by atoms with Crippen LogP contribution in [-0.4, -0.2) is 23.5 Å². The van der Waals surface area contributed by atoms with E-state index in [1.54, 1.807) is 26.8 Å². The maximum Gasteiger partial charge on any atom is 0.397 e. The van der Waals surface area contributed by atoms with Gasteiger partial charge in [0.25, 0.3) is 5.91 Å². The monoisotopic (exact) mass is 302 g/mol.